The van der Waals surface area contributed by atoms with Crippen LogP contribution in [-0.2, 0) is 6.54 Å². The molecule has 0 saturated carbocycles. The SMILES string of the molecule is C1=CCN(Cc2nc3cccc(C=Cc4ccccc4)c3[nH]2)CC1. The topological polar surface area (TPSA) is 31.9 Å². The number of aromatic nitrogens is 2. The number of hydrogen-bond acceptors (Lipinski definition) is 2. The lowest BCUT2D eigenvalue weighted by Crippen LogP contribution is -2.27. The van der Waals surface area contributed by atoms with Gasteiger partial charge in [0.05, 0.1) is 17.6 Å². The highest BCUT2D eigenvalue weighted by Crippen LogP contribution is 2.20. The van der Waals surface area contributed by atoms with Gasteiger partial charge >= 0.3 is 0 Å². The van der Waals surface area contributed by atoms with Crippen LogP contribution in [0.25, 0.3) is 23.2 Å². The highest BCUT2D eigenvalue weighted by atomic mass is 15.1. The maximum absolute atomic E-state index is 4.77. The molecule has 2 aromatic carbocycles. The van der Waals surface area contributed by atoms with Crippen molar-refractivity contribution in [3.63, 3.8) is 0 Å². The van der Waals surface area contributed by atoms with E-state index in [2.05, 4.69) is 76.7 Å². The predicted octanol–water partition coefficient (Wildman–Crippen LogP) is 4.50. The van der Waals surface area contributed by atoms with Crippen LogP contribution in [0, 0.1) is 0 Å². The summed E-state index contributed by atoms with van der Waals surface area (Å²) >= 11 is 0. The van der Waals surface area contributed by atoms with E-state index in [9.17, 15) is 0 Å². The van der Waals surface area contributed by atoms with E-state index in [1.807, 2.05) is 6.07 Å². The first-order valence-corrected chi connectivity index (χ1v) is 8.46. The molecule has 1 N–H and O–H groups in total. The Morgan fingerprint density at radius 3 is 2.75 bits per heavy atom. The van der Waals surface area contributed by atoms with E-state index >= 15 is 0 Å². The fraction of sp³-hybridized carbons (Fsp3) is 0.190. The average Bonchev–Trinajstić information content (AvgIpc) is 3.04. The van der Waals surface area contributed by atoms with Crippen molar-refractivity contribution in [2.45, 2.75) is 13.0 Å². The molecule has 0 fully saturated rings. The standard InChI is InChI=1S/C21H21N3/c1-3-8-17(9-4-1)12-13-18-10-7-11-19-21(18)23-20(22-19)16-24-14-5-2-6-15-24/h1-5,7-13H,6,14-16H2,(H,22,23). The van der Waals surface area contributed by atoms with E-state index in [1.54, 1.807) is 0 Å². The number of nitrogens with one attached hydrogen (secondary N) is 1. The summed E-state index contributed by atoms with van der Waals surface area (Å²) in [5.74, 6) is 1.04. The molecule has 3 nitrogen and oxygen atoms in total. The Labute approximate surface area is 142 Å². The molecule has 0 spiro atoms. The summed E-state index contributed by atoms with van der Waals surface area (Å²) in [6.45, 7) is 2.99. The van der Waals surface area contributed by atoms with Crippen molar-refractivity contribution in [1.82, 2.24) is 14.9 Å². The lowest BCUT2D eigenvalue weighted by atomic mass is 10.1. The van der Waals surface area contributed by atoms with Crippen molar-refractivity contribution in [2.24, 2.45) is 0 Å². The molecule has 0 unspecified atom stereocenters. The summed E-state index contributed by atoms with van der Waals surface area (Å²) in [7, 11) is 0. The van der Waals surface area contributed by atoms with Gasteiger partial charge in [-0.25, -0.2) is 4.98 Å². The minimum absolute atomic E-state index is 0.876. The Kier molecular flexibility index (Phi) is 4.26. The van der Waals surface area contributed by atoms with Crippen LogP contribution in [0.5, 0.6) is 0 Å². The molecule has 0 atom stereocenters. The number of aromatic amines is 1. The van der Waals surface area contributed by atoms with Gasteiger partial charge in [0.15, 0.2) is 0 Å². The van der Waals surface area contributed by atoms with Gasteiger partial charge in [-0.05, 0) is 18.1 Å². The fourth-order valence-electron chi connectivity index (χ4n) is 3.11. The van der Waals surface area contributed by atoms with Crippen molar-refractivity contribution in [3.05, 3.63) is 77.6 Å². The highest BCUT2D eigenvalue weighted by molar-refractivity contribution is 5.88. The number of fused-ring (bicyclic) bond motifs is 1. The molecular weight excluding hydrogens is 294 g/mol. The number of imidazole rings is 1. The van der Waals surface area contributed by atoms with Gasteiger partial charge in [0.25, 0.3) is 0 Å². The normalized spacial score (nSPS) is 15.5. The van der Waals surface area contributed by atoms with Gasteiger partial charge in [-0.3, -0.25) is 4.90 Å². The Bertz CT molecular complexity index is 874. The van der Waals surface area contributed by atoms with Crippen LogP contribution in [0.2, 0.25) is 0 Å². The molecule has 1 aromatic heterocycles. The van der Waals surface area contributed by atoms with Crippen molar-refractivity contribution in [1.29, 1.82) is 0 Å². The van der Waals surface area contributed by atoms with Crippen LogP contribution in [0.3, 0.4) is 0 Å². The Morgan fingerprint density at radius 2 is 1.92 bits per heavy atom. The quantitative estimate of drug-likeness (QED) is 0.568. The maximum atomic E-state index is 4.77. The Hall–Kier alpha value is -2.65. The van der Waals surface area contributed by atoms with E-state index in [4.69, 9.17) is 4.98 Å². The van der Waals surface area contributed by atoms with Gasteiger partial charge in [0.1, 0.15) is 5.82 Å². The summed E-state index contributed by atoms with van der Waals surface area (Å²) < 4.78 is 0. The molecule has 120 valence electrons. The summed E-state index contributed by atoms with van der Waals surface area (Å²) in [5.41, 5.74) is 4.53. The predicted molar refractivity (Wildman–Crippen MR) is 100 cm³/mol. The van der Waals surface area contributed by atoms with Crippen molar-refractivity contribution in [2.75, 3.05) is 13.1 Å². The van der Waals surface area contributed by atoms with Gasteiger partial charge < -0.3 is 4.98 Å². The van der Waals surface area contributed by atoms with Gasteiger partial charge in [-0.1, -0.05) is 66.8 Å². The zero-order valence-electron chi connectivity index (χ0n) is 13.7. The molecule has 1 aliphatic rings. The minimum atomic E-state index is 0.876. The number of rotatable bonds is 4. The number of benzene rings is 2. The smallest absolute Gasteiger partial charge is 0.121 e. The summed E-state index contributed by atoms with van der Waals surface area (Å²) in [6.07, 6.45) is 9.92. The molecule has 3 heteroatoms. The third-order valence-corrected chi connectivity index (χ3v) is 4.37. The maximum Gasteiger partial charge on any atom is 0.121 e. The Balaban J connectivity index is 1.60. The number of H-pyrrole nitrogens is 1. The first-order chi connectivity index (χ1) is 11.9. The van der Waals surface area contributed by atoms with E-state index in [1.165, 1.54) is 11.1 Å². The first kappa shape index (κ1) is 14.9. The van der Waals surface area contributed by atoms with E-state index in [0.29, 0.717) is 0 Å². The average molecular weight is 315 g/mol. The lowest BCUT2D eigenvalue weighted by molar-refractivity contribution is 0.284. The van der Waals surface area contributed by atoms with Crippen LogP contribution >= 0.6 is 0 Å². The summed E-state index contributed by atoms with van der Waals surface area (Å²) in [4.78, 5) is 10.7. The summed E-state index contributed by atoms with van der Waals surface area (Å²) in [5, 5.41) is 0. The second-order valence-corrected chi connectivity index (χ2v) is 6.16. The van der Waals surface area contributed by atoms with Crippen LogP contribution in [-0.4, -0.2) is 28.0 Å². The molecule has 0 saturated heterocycles. The largest absolute Gasteiger partial charge is 0.340 e. The van der Waals surface area contributed by atoms with Gasteiger partial charge in [-0.2, -0.15) is 0 Å². The van der Waals surface area contributed by atoms with Gasteiger partial charge in [-0.15, -0.1) is 0 Å². The van der Waals surface area contributed by atoms with Crippen LogP contribution in [0.15, 0.2) is 60.7 Å². The van der Waals surface area contributed by atoms with Crippen LogP contribution in [0.4, 0.5) is 0 Å². The first-order valence-electron chi connectivity index (χ1n) is 8.46. The zero-order valence-corrected chi connectivity index (χ0v) is 13.7. The molecule has 3 aromatic rings. The van der Waals surface area contributed by atoms with E-state index < -0.39 is 0 Å². The summed E-state index contributed by atoms with van der Waals surface area (Å²) in [6, 6.07) is 16.6. The van der Waals surface area contributed by atoms with E-state index in [-0.39, 0.29) is 0 Å². The van der Waals surface area contributed by atoms with Crippen molar-refractivity contribution < 1.29 is 0 Å². The number of hydrogen-bond donors (Lipinski definition) is 1. The molecule has 2 heterocycles. The monoisotopic (exact) mass is 315 g/mol. The Morgan fingerprint density at radius 1 is 1.00 bits per heavy atom. The molecule has 4 rings (SSSR count). The third kappa shape index (κ3) is 3.31. The molecule has 0 aliphatic carbocycles. The van der Waals surface area contributed by atoms with Crippen molar-refractivity contribution in [3.8, 4) is 0 Å². The molecule has 24 heavy (non-hydrogen) atoms. The minimum Gasteiger partial charge on any atom is -0.340 e. The molecule has 0 amide bonds. The molecule has 0 radical (unpaired) electrons. The number of para-hydroxylation sites is 1. The second kappa shape index (κ2) is 6.85. The van der Waals surface area contributed by atoms with Gasteiger partial charge in [0.2, 0.25) is 0 Å². The third-order valence-electron chi connectivity index (χ3n) is 4.37. The van der Waals surface area contributed by atoms with E-state index in [0.717, 1.165) is 42.9 Å². The highest BCUT2D eigenvalue weighted by Gasteiger charge is 2.11. The van der Waals surface area contributed by atoms with Crippen molar-refractivity contribution >= 4 is 23.2 Å². The van der Waals surface area contributed by atoms with Crippen LogP contribution < -0.4 is 0 Å². The molecule has 1 aliphatic heterocycles. The van der Waals surface area contributed by atoms with Crippen LogP contribution in [0.1, 0.15) is 23.4 Å². The fourth-order valence-corrected chi connectivity index (χ4v) is 3.11. The molecule has 0 bridgehead atoms. The second-order valence-electron chi connectivity index (χ2n) is 6.16. The molecular formula is C21H21N3. The van der Waals surface area contributed by atoms with Gasteiger partial charge in [0, 0.05) is 18.7 Å². The number of nitrogens with zero attached hydrogens (tertiary/aromatic N) is 2. The zero-order chi connectivity index (χ0) is 16.2. The lowest BCUT2D eigenvalue weighted by Gasteiger charge is -2.21.